The molecule has 0 fully saturated rings. The average molecular weight is 386 g/mol. The van der Waals surface area contributed by atoms with E-state index < -0.39 is 0 Å². The van der Waals surface area contributed by atoms with Crippen LogP contribution in [-0.4, -0.2) is 23.1 Å². The standard InChI is InChI=1S/C22H23FO3S/c1-4-26-21(25)15-8-5-14(6-9-15)7-10-16-11-17-19(24)13-22(2,3)27-20(17)12-18(16)23/h5-6,8-9,11-12H,4,7,10,13H2,1-3H3. The lowest BCUT2D eigenvalue weighted by Gasteiger charge is -2.29. The van der Waals surface area contributed by atoms with E-state index in [2.05, 4.69) is 0 Å². The first-order chi connectivity index (χ1) is 12.8. The number of esters is 1. The lowest BCUT2D eigenvalue weighted by molar-refractivity contribution is 0.0526. The molecule has 0 aromatic heterocycles. The zero-order valence-electron chi connectivity index (χ0n) is 15.8. The summed E-state index contributed by atoms with van der Waals surface area (Å²) in [4.78, 5) is 24.8. The number of benzene rings is 2. The van der Waals surface area contributed by atoms with Crippen LogP contribution in [0.3, 0.4) is 0 Å². The van der Waals surface area contributed by atoms with Gasteiger partial charge in [-0.15, -0.1) is 11.8 Å². The van der Waals surface area contributed by atoms with Crippen LogP contribution < -0.4 is 0 Å². The normalized spacial score (nSPS) is 15.3. The van der Waals surface area contributed by atoms with Crippen molar-refractivity contribution < 1.29 is 18.7 Å². The molecule has 0 saturated heterocycles. The number of halogens is 1. The maximum atomic E-state index is 14.5. The van der Waals surface area contributed by atoms with E-state index in [9.17, 15) is 14.0 Å². The zero-order chi connectivity index (χ0) is 19.6. The van der Waals surface area contributed by atoms with Crippen LogP contribution in [0.2, 0.25) is 0 Å². The van der Waals surface area contributed by atoms with Gasteiger partial charge in [0, 0.05) is 21.6 Å². The number of rotatable bonds is 5. The van der Waals surface area contributed by atoms with Crippen LogP contribution in [-0.2, 0) is 17.6 Å². The van der Waals surface area contributed by atoms with Crippen molar-refractivity contribution in [3.05, 3.63) is 64.5 Å². The second kappa shape index (κ2) is 7.85. The molecule has 0 aliphatic carbocycles. The van der Waals surface area contributed by atoms with E-state index >= 15 is 0 Å². The number of Topliss-reactive ketones (excluding diaryl/α,β-unsaturated/α-hetero) is 1. The molecule has 2 aromatic rings. The van der Waals surface area contributed by atoms with Gasteiger partial charge in [-0.1, -0.05) is 12.1 Å². The van der Waals surface area contributed by atoms with Gasteiger partial charge in [0.05, 0.1) is 12.2 Å². The summed E-state index contributed by atoms with van der Waals surface area (Å²) in [7, 11) is 0. The van der Waals surface area contributed by atoms with Gasteiger partial charge in [-0.2, -0.15) is 0 Å². The van der Waals surface area contributed by atoms with Crippen molar-refractivity contribution in [2.24, 2.45) is 0 Å². The van der Waals surface area contributed by atoms with Crippen molar-refractivity contribution in [3.8, 4) is 0 Å². The lowest BCUT2D eigenvalue weighted by atomic mass is 9.95. The molecule has 0 spiro atoms. The molecule has 1 aliphatic heterocycles. The first-order valence-electron chi connectivity index (χ1n) is 9.10. The fraction of sp³-hybridized carbons (Fsp3) is 0.364. The molecule has 2 aromatic carbocycles. The molecule has 5 heteroatoms. The summed E-state index contributed by atoms with van der Waals surface area (Å²) in [6.45, 7) is 6.12. The maximum absolute atomic E-state index is 14.5. The van der Waals surface area contributed by atoms with Gasteiger partial charge in [0.2, 0.25) is 0 Å². The fourth-order valence-electron chi connectivity index (χ4n) is 3.21. The second-order valence-electron chi connectivity index (χ2n) is 7.32. The van der Waals surface area contributed by atoms with Crippen molar-refractivity contribution in [3.63, 3.8) is 0 Å². The van der Waals surface area contributed by atoms with Gasteiger partial charge in [-0.3, -0.25) is 4.79 Å². The summed E-state index contributed by atoms with van der Waals surface area (Å²) in [6.07, 6.45) is 1.59. The van der Waals surface area contributed by atoms with Crippen LogP contribution in [0, 0.1) is 5.82 Å². The summed E-state index contributed by atoms with van der Waals surface area (Å²) in [5.74, 6) is -0.535. The molecule has 0 N–H and O–H groups in total. The quantitative estimate of drug-likeness (QED) is 0.659. The number of ketones is 1. The number of thioether (sulfide) groups is 1. The number of carbonyl (C=O) groups excluding carboxylic acids is 2. The van der Waals surface area contributed by atoms with Gasteiger partial charge >= 0.3 is 5.97 Å². The smallest absolute Gasteiger partial charge is 0.338 e. The fourth-order valence-corrected chi connectivity index (χ4v) is 4.45. The third kappa shape index (κ3) is 4.59. The monoisotopic (exact) mass is 386 g/mol. The molecule has 3 rings (SSSR count). The van der Waals surface area contributed by atoms with Crippen LogP contribution in [0.4, 0.5) is 4.39 Å². The summed E-state index contributed by atoms with van der Waals surface area (Å²) < 4.78 is 19.3. The molecule has 0 bridgehead atoms. The Kier molecular flexibility index (Phi) is 5.70. The van der Waals surface area contributed by atoms with Crippen molar-refractivity contribution in [2.45, 2.75) is 49.7 Å². The Morgan fingerprint density at radius 1 is 1.19 bits per heavy atom. The molecule has 1 aliphatic rings. The minimum Gasteiger partial charge on any atom is -0.462 e. The van der Waals surface area contributed by atoms with Gasteiger partial charge in [0.15, 0.2) is 5.78 Å². The third-order valence-electron chi connectivity index (χ3n) is 4.57. The minimum absolute atomic E-state index is 0.0776. The number of hydrogen-bond donors (Lipinski definition) is 0. The van der Waals surface area contributed by atoms with E-state index in [4.69, 9.17) is 4.74 Å². The van der Waals surface area contributed by atoms with E-state index in [0.29, 0.717) is 42.6 Å². The number of aryl methyl sites for hydroxylation is 2. The van der Waals surface area contributed by atoms with Crippen molar-refractivity contribution in [1.82, 2.24) is 0 Å². The molecule has 0 atom stereocenters. The van der Waals surface area contributed by atoms with Gasteiger partial charge in [-0.05, 0) is 69.0 Å². The number of hydrogen-bond acceptors (Lipinski definition) is 4. The van der Waals surface area contributed by atoms with Crippen LogP contribution in [0.1, 0.15) is 59.0 Å². The second-order valence-corrected chi connectivity index (χ2v) is 9.07. The Morgan fingerprint density at radius 3 is 2.56 bits per heavy atom. The van der Waals surface area contributed by atoms with E-state index in [1.807, 2.05) is 26.0 Å². The van der Waals surface area contributed by atoms with Crippen molar-refractivity contribution >= 4 is 23.5 Å². The topological polar surface area (TPSA) is 43.4 Å². The largest absolute Gasteiger partial charge is 0.462 e. The van der Waals surface area contributed by atoms with Gasteiger partial charge < -0.3 is 4.74 Å². The Labute approximate surface area is 163 Å². The predicted molar refractivity (Wildman–Crippen MR) is 105 cm³/mol. The van der Waals surface area contributed by atoms with Crippen LogP contribution in [0.15, 0.2) is 41.3 Å². The number of ether oxygens (including phenoxy) is 1. The predicted octanol–water partition coefficient (Wildman–Crippen LogP) is 5.24. The first kappa shape index (κ1) is 19.6. The molecule has 142 valence electrons. The third-order valence-corrected chi connectivity index (χ3v) is 5.82. The summed E-state index contributed by atoms with van der Waals surface area (Å²) in [5, 5.41) is 0. The average Bonchev–Trinajstić information content (AvgIpc) is 2.60. The molecule has 3 nitrogen and oxygen atoms in total. The highest BCUT2D eigenvalue weighted by atomic mass is 32.2. The summed E-state index contributed by atoms with van der Waals surface area (Å²) in [5.41, 5.74) is 2.69. The van der Waals surface area contributed by atoms with Crippen molar-refractivity contribution in [2.75, 3.05) is 6.61 Å². The number of carbonyl (C=O) groups is 2. The Hall–Kier alpha value is -2.14. The lowest BCUT2D eigenvalue weighted by Crippen LogP contribution is -2.25. The Morgan fingerprint density at radius 2 is 1.89 bits per heavy atom. The highest BCUT2D eigenvalue weighted by Gasteiger charge is 2.32. The first-order valence-corrected chi connectivity index (χ1v) is 9.91. The summed E-state index contributed by atoms with van der Waals surface area (Å²) >= 11 is 1.56. The van der Waals surface area contributed by atoms with E-state index in [-0.39, 0.29) is 22.3 Å². The molecule has 0 unspecified atom stereocenters. The van der Waals surface area contributed by atoms with E-state index in [1.54, 1.807) is 36.9 Å². The van der Waals surface area contributed by atoms with E-state index in [1.165, 1.54) is 6.07 Å². The van der Waals surface area contributed by atoms with Gasteiger partial charge in [0.1, 0.15) is 5.82 Å². The molecule has 1 heterocycles. The van der Waals surface area contributed by atoms with Gasteiger partial charge in [0.25, 0.3) is 0 Å². The van der Waals surface area contributed by atoms with Crippen molar-refractivity contribution in [1.29, 1.82) is 0 Å². The van der Waals surface area contributed by atoms with Gasteiger partial charge in [-0.25, -0.2) is 9.18 Å². The molecule has 0 radical (unpaired) electrons. The molecular weight excluding hydrogens is 363 g/mol. The SMILES string of the molecule is CCOC(=O)c1ccc(CCc2cc3c(cc2F)SC(C)(C)CC3=O)cc1. The Bertz CT molecular complexity index is 872. The van der Waals surface area contributed by atoms with Crippen LogP contribution in [0.25, 0.3) is 0 Å². The van der Waals surface area contributed by atoms with E-state index in [0.717, 1.165) is 10.5 Å². The zero-order valence-corrected chi connectivity index (χ0v) is 16.6. The summed E-state index contributed by atoms with van der Waals surface area (Å²) in [6, 6.07) is 10.4. The minimum atomic E-state index is -0.344. The molecule has 0 saturated carbocycles. The Balaban J connectivity index is 1.73. The highest BCUT2D eigenvalue weighted by molar-refractivity contribution is 8.00. The van der Waals surface area contributed by atoms with Crippen LogP contribution >= 0.6 is 11.8 Å². The molecular formula is C22H23FO3S. The number of fused-ring (bicyclic) bond motifs is 1. The highest BCUT2D eigenvalue weighted by Crippen LogP contribution is 2.43. The molecule has 27 heavy (non-hydrogen) atoms. The molecule has 0 amide bonds. The van der Waals surface area contributed by atoms with Crippen LogP contribution in [0.5, 0.6) is 0 Å². The maximum Gasteiger partial charge on any atom is 0.338 e.